The first-order valence-corrected chi connectivity index (χ1v) is 9.18. The lowest BCUT2D eigenvalue weighted by molar-refractivity contribution is -0.131. The molecule has 1 aliphatic heterocycles. The molecular weight excluding hydrogens is 324 g/mol. The summed E-state index contributed by atoms with van der Waals surface area (Å²) in [5.74, 6) is 0.662. The van der Waals surface area contributed by atoms with Gasteiger partial charge in [-0.2, -0.15) is 0 Å². The van der Waals surface area contributed by atoms with Crippen molar-refractivity contribution in [3.63, 3.8) is 0 Å². The van der Waals surface area contributed by atoms with E-state index in [2.05, 4.69) is 24.3 Å². The number of rotatable bonds is 4. The maximum absolute atomic E-state index is 12.5. The molecule has 3 rings (SSSR count). The monoisotopic (exact) mass is 350 g/mol. The van der Waals surface area contributed by atoms with Crippen molar-refractivity contribution in [3.05, 3.63) is 71.3 Å². The minimum atomic E-state index is -0.00639. The quantitative estimate of drug-likeness (QED) is 0.844. The summed E-state index contributed by atoms with van der Waals surface area (Å²) in [5.41, 5.74) is 3.06. The number of nitrogens with zero attached hydrogens (tertiary/aromatic N) is 2. The minimum absolute atomic E-state index is 0.00639. The molecule has 1 fully saturated rings. The van der Waals surface area contributed by atoms with Crippen molar-refractivity contribution in [2.75, 3.05) is 20.6 Å². The van der Waals surface area contributed by atoms with Crippen LogP contribution in [0.1, 0.15) is 46.7 Å². The highest BCUT2D eigenvalue weighted by molar-refractivity contribution is 5.93. The SMILES string of the molecule is CN(C)C(=O)c1ccc(CN2CCC(c3ccccc3)CCC2=O)cc1. The van der Waals surface area contributed by atoms with Gasteiger partial charge in [-0.3, -0.25) is 9.59 Å². The van der Waals surface area contributed by atoms with Crippen LogP contribution in [0.5, 0.6) is 0 Å². The van der Waals surface area contributed by atoms with Gasteiger partial charge < -0.3 is 9.80 Å². The maximum atomic E-state index is 12.5. The minimum Gasteiger partial charge on any atom is -0.345 e. The van der Waals surface area contributed by atoms with Gasteiger partial charge in [0.1, 0.15) is 0 Å². The van der Waals surface area contributed by atoms with Crippen molar-refractivity contribution in [1.29, 1.82) is 0 Å². The molecule has 4 heteroatoms. The molecule has 1 unspecified atom stereocenters. The molecular formula is C22H26N2O2. The van der Waals surface area contributed by atoms with Crippen LogP contribution >= 0.6 is 0 Å². The molecule has 0 saturated carbocycles. The van der Waals surface area contributed by atoms with Gasteiger partial charge in [0.05, 0.1) is 0 Å². The Morgan fingerprint density at radius 2 is 1.73 bits per heavy atom. The van der Waals surface area contributed by atoms with E-state index in [0.29, 0.717) is 24.4 Å². The van der Waals surface area contributed by atoms with Crippen LogP contribution < -0.4 is 0 Å². The van der Waals surface area contributed by atoms with Gasteiger partial charge in [0.15, 0.2) is 0 Å². The summed E-state index contributed by atoms with van der Waals surface area (Å²) in [6.45, 7) is 1.38. The van der Waals surface area contributed by atoms with E-state index < -0.39 is 0 Å². The molecule has 0 radical (unpaired) electrons. The number of hydrogen-bond donors (Lipinski definition) is 0. The Morgan fingerprint density at radius 3 is 2.38 bits per heavy atom. The van der Waals surface area contributed by atoms with Crippen molar-refractivity contribution in [3.8, 4) is 0 Å². The highest BCUT2D eigenvalue weighted by Gasteiger charge is 2.23. The number of carbonyl (C=O) groups excluding carboxylic acids is 2. The van der Waals surface area contributed by atoms with Crippen molar-refractivity contribution in [2.45, 2.75) is 31.7 Å². The predicted octanol–water partition coefficient (Wildman–Crippen LogP) is 3.68. The lowest BCUT2D eigenvalue weighted by Gasteiger charge is -2.21. The topological polar surface area (TPSA) is 40.6 Å². The van der Waals surface area contributed by atoms with Gasteiger partial charge in [0.25, 0.3) is 5.91 Å². The van der Waals surface area contributed by atoms with E-state index in [0.717, 1.165) is 24.9 Å². The second-order valence-corrected chi connectivity index (χ2v) is 7.15. The summed E-state index contributed by atoms with van der Waals surface area (Å²) < 4.78 is 0. The summed E-state index contributed by atoms with van der Waals surface area (Å²) in [4.78, 5) is 28.0. The summed E-state index contributed by atoms with van der Waals surface area (Å²) in [6.07, 6.45) is 2.50. The Labute approximate surface area is 155 Å². The molecule has 2 aromatic rings. The van der Waals surface area contributed by atoms with Crippen LogP contribution in [-0.4, -0.2) is 42.3 Å². The number of carbonyl (C=O) groups is 2. The van der Waals surface area contributed by atoms with Gasteiger partial charge in [0.2, 0.25) is 5.91 Å². The lowest BCUT2D eigenvalue weighted by atomic mass is 9.92. The Morgan fingerprint density at radius 1 is 1.04 bits per heavy atom. The van der Waals surface area contributed by atoms with E-state index in [1.807, 2.05) is 35.2 Å². The van der Waals surface area contributed by atoms with Gasteiger partial charge in [-0.25, -0.2) is 0 Å². The van der Waals surface area contributed by atoms with Crippen molar-refractivity contribution in [1.82, 2.24) is 9.80 Å². The number of amides is 2. The first-order valence-electron chi connectivity index (χ1n) is 9.18. The summed E-state index contributed by atoms with van der Waals surface area (Å²) in [6, 6.07) is 18.1. The van der Waals surface area contributed by atoms with E-state index in [1.54, 1.807) is 19.0 Å². The van der Waals surface area contributed by atoms with Crippen LogP contribution in [0.3, 0.4) is 0 Å². The van der Waals surface area contributed by atoms with Gasteiger partial charge in [-0.15, -0.1) is 0 Å². The van der Waals surface area contributed by atoms with Crippen LogP contribution in [0.4, 0.5) is 0 Å². The average molecular weight is 350 g/mol. The molecule has 26 heavy (non-hydrogen) atoms. The second-order valence-electron chi connectivity index (χ2n) is 7.15. The summed E-state index contributed by atoms with van der Waals surface area (Å²) in [7, 11) is 3.49. The fourth-order valence-electron chi connectivity index (χ4n) is 3.49. The normalized spacial score (nSPS) is 17.7. The Balaban J connectivity index is 1.64. The first kappa shape index (κ1) is 18.2. The molecule has 1 saturated heterocycles. The fraction of sp³-hybridized carbons (Fsp3) is 0.364. The van der Waals surface area contributed by atoms with Crippen LogP contribution in [0, 0.1) is 0 Å². The van der Waals surface area contributed by atoms with Crippen LogP contribution in [0.15, 0.2) is 54.6 Å². The van der Waals surface area contributed by atoms with E-state index >= 15 is 0 Å². The smallest absolute Gasteiger partial charge is 0.253 e. The Bertz CT molecular complexity index is 753. The molecule has 2 amide bonds. The highest BCUT2D eigenvalue weighted by Crippen LogP contribution is 2.28. The third-order valence-corrected chi connectivity index (χ3v) is 5.06. The molecule has 1 heterocycles. The zero-order valence-electron chi connectivity index (χ0n) is 15.5. The van der Waals surface area contributed by atoms with Gasteiger partial charge in [-0.05, 0) is 42.0 Å². The standard InChI is InChI=1S/C22H26N2O2/c1-23(2)22(26)20-10-8-17(9-11-20)16-24-15-14-19(12-13-21(24)25)18-6-4-3-5-7-18/h3-11,19H,12-16H2,1-2H3. The zero-order chi connectivity index (χ0) is 18.5. The molecule has 0 bridgehead atoms. The van der Waals surface area contributed by atoms with E-state index in [-0.39, 0.29) is 11.8 Å². The Hall–Kier alpha value is -2.62. The second kappa shape index (κ2) is 8.17. The van der Waals surface area contributed by atoms with Gasteiger partial charge >= 0.3 is 0 Å². The van der Waals surface area contributed by atoms with Crippen LogP contribution in [0.2, 0.25) is 0 Å². The Kier molecular flexibility index (Phi) is 5.71. The first-order chi connectivity index (χ1) is 12.5. The molecule has 4 nitrogen and oxygen atoms in total. The third kappa shape index (κ3) is 4.31. The molecule has 0 spiro atoms. The number of benzene rings is 2. The highest BCUT2D eigenvalue weighted by atomic mass is 16.2. The average Bonchev–Trinajstić information content (AvgIpc) is 2.84. The van der Waals surface area contributed by atoms with E-state index in [4.69, 9.17) is 0 Å². The van der Waals surface area contributed by atoms with Crippen molar-refractivity contribution < 1.29 is 9.59 Å². The van der Waals surface area contributed by atoms with Crippen molar-refractivity contribution in [2.24, 2.45) is 0 Å². The van der Waals surface area contributed by atoms with Gasteiger partial charge in [-0.1, -0.05) is 42.5 Å². The zero-order valence-corrected chi connectivity index (χ0v) is 15.5. The summed E-state index contributed by atoms with van der Waals surface area (Å²) >= 11 is 0. The molecule has 0 N–H and O–H groups in total. The maximum Gasteiger partial charge on any atom is 0.253 e. The lowest BCUT2D eigenvalue weighted by Crippen LogP contribution is -2.29. The van der Waals surface area contributed by atoms with Gasteiger partial charge in [0, 0.05) is 39.2 Å². The van der Waals surface area contributed by atoms with Crippen molar-refractivity contribution >= 4 is 11.8 Å². The third-order valence-electron chi connectivity index (χ3n) is 5.06. The molecule has 1 aliphatic rings. The van der Waals surface area contributed by atoms with Crippen LogP contribution in [-0.2, 0) is 11.3 Å². The summed E-state index contributed by atoms with van der Waals surface area (Å²) in [5, 5.41) is 0. The van der Waals surface area contributed by atoms with E-state index in [9.17, 15) is 9.59 Å². The molecule has 0 aromatic heterocycles. The fourth-order valence-corrected chi connectivity index (χ4v) is 3.49. The predicted molar refractivity (Wildman–Crippen MR) is 103 cm³/mol. The molecule has 1 atom stereocenters. The van der Waals surface area contributed by atoms with E-state index in [1.165, 1.54) is 5.56 Å². The largest absolute Gasteiger partial charge is 0.345 e. The number of likely N-dealkylation sites (tertiary alicyclic amines) is 1. The molecule has 136 valence electrons. The number of hydrogen-bond acceptors (Lipinski definition) is 2. The molecule has 2 aromatic carbocycles. The molecule has 0 aliphatic carbocycles. The van der Waals surface area contributed by atoms with Crippen LogP contribution in [0.25, 0.3) is 0 Å².